The molecule has 5 aromatic rings. The van der Waals surface area contributed by atoms with E-state index in [4.69, 9.17) is 9.72 Å². The van der Waals surface area contributed by atoms with Crippen LogP contribution in [0.5, 0.6) is 11.5 Å². The fourth-order valence-electron chi connectivity index (χ4n) is 3.48. The van der Waals surface area contributed by atoms with Gasteiger partial charge in [0.1, 0.15) is 5.65 Å². The molecule has 2 aromatic carbocycles. The number of pyridine rings is 1. The lowest BCUT2D eigenvalue weighted by Gasteiger charge is -2.06. The summed E-state index contributed by atoms with van der Waals surface area (Å²) in [4.78, 5) is 12.7. The van der Waals surface area contributed by atoms with E-state index in [1.54, 1.807) is 12.1 Å². The Bertz CT molecular complexity index is 1290. The van der Waals surface area contributed by atoms with Crippen LogP contribution in [-0.2, 0) is 0 Å². The Kier molecular flexibility index (Phi) is 3.09. The van der Waals surface area contributed by atoms with Crippen LogP contribution in [0.3, 0.4) is 0 Å². The molecule has 0 aliphatic rings. The third-order valence-electron chi connectivity index (χ3n) is 4.70. The molecule has 0 saturated carbocycles. The van der Waals surface area contributed by atoms with Gasteiger partial charge in [0.25, 0.3) is 0 Å². The number of rotatable bonds is 2. The van der Waals surface area contributed by atoms with Crippen LogP contribution in [-0.4, -0.2) is 27.2 Å². The predicted molar refractivity (Wildman–Crippen MR) is 103 cm³/mol. The van der Waals surface area contributed by atoms with Crippen LogP contribution in [0.4, 0.5) is 0 Å². The molecule has 0 saturated heterocycles. The fourth-order valence-corrected chi connectivity index (χ4v) is 3.48. The third-order valence-corrected chi connectivity index (χ3v) is 4.70. The minimum absolute atomic E-state index is 0.102. The van der Waals surface area contributed by atoms with Crippen LogP contribution in [0.25, 0.3) is 44.0 Å². The van der Waals surface area contributed by atoms with Crippen molar-refractivity contribution in [3.05, 3.63) is 60.9 Å². The molecule has 3 heterocycles. The number of hydrogen-bond donors (Lipinski definition) is 2. The van der Waals surface area contributed by atoms with Gasteiger partial charge in [-0.3, -0.25) is 0 Å². The van der Waals surface area contributed by atoms with E-state index in [2.05, 4.69) is 22.1 Å². The molecule has 26 heavy (non-hydrogen) atoms. The minimum Gasteiger partial charge on any atom is -0.504 e. The Balaban J connectivity index is 2.00. The van der Waals surface area contributed by atoms with Crippen LogP contribution in [0.15, 0.2) is 60.9 Å². The third kappa shape index (κ3) is 2.04. The maximum absolute atomic E-state index is 9.93. The topological polar surface area (TPSA) is 71.0 Å². The maximum Gasteiger partial charge on any atom is 0.161 e. The van der Waals surface area contributed by atoms with Crippen LogP contribution in [0.2, 0.25) is 0 Å². The van der Waals surface area contributed by atoms with Crippen LogP contribution in [0, 0.1) is 0 Å². The summed E-state index contributed by atoms with van der Waals surface area (Å²) in [6.45, 7) is 0. The maximum atomic E-state index is 9.93. The summed E-state index contributed by atoms with van der Waals surface area (Å²) in [6, 6.07) is 15.4. The quantitative estimate of drug-likeness (QED) is 0.490. The summed E-state index contributed by atoms with van der Waals surface area (Å²) in [5.74, 6) is 0.517. The zero-order chi connectivity index (χ0) is 17.7. The molecule has 5 nitrogen and oxygen atoms in total. The van der Waals surface area contributed by atoms with Gasteiger partial charge in [0.05, 0.1) is 18.3 Å². The Morgan fingerprint density at radius 1 is 1.00 bits per heavy atom. The Morgan fingerprint density at radius 2 is 1.88 bits per heavy atom. The number of H-pyrrole nitrogens is 1. The number of para-hydroxylation sites is 1. The van der Waals surface area contributed by atoms with E-state index in [-0.39, 0.29) is 5.75 Å². The van der Waals surface area contributed by atoms with Crippen molar-refractivity contribution in [3.8, 4) is 22.8 Å². The first-order valence-electron chi connectivity index (χ1n) is 8.28. The number of fused-ring (bicyclic) bond motifs is 2. The lowest BCUT2D eigenvalue weighted by Crippen LogP contribution is -1.87. The lowest BCUT2D eigenvalue weighted by molar-refractivity contribution is 0.373. The number of hydrogen-bond acceptors (Lipinski definition) is 4. The second-order valence-electron chi connectivity index (χ2n) is 6.15. The number of ether oxygens (including phenoxy) is 1. The molecule has 0 bridgehead atoms. The monoisotopic (exact) mass is 341 g/mol. The average Bonchev–Trinajstić information content (AvgIpc) is 3.04. The number of methoxy groups -OCH3 is 1. The Morgan fingerprint density at radius 3 is 2.77 bits per heavy atom. The van der Waals surface area contributed by atoms with Gasteiger partial charge in [-0.25, -0.2) is 9.97 Å². The molecule has 5 heteroatoms. The van der Waals surface area contributed by atoms with Gasteiger partial charge in [-0.2, -0.15) is 0 Å². The number of nitrogens with zero attached hydrogens (tertiary/aromatic N) is 2. The van der Waals surface area contributed by atoms with Gasteiger partial charge in [0.2, 0.25) is 0 Å². The summed E-state index contributed by atoms with van der Waals surface area (Å²) in [5, 5.41) is 14.1. The molecule has 0 fully saturated rings. The SMILES string of the molecule is COc1cc(-c2nc3ccccc3c3cc[nH]c4ncc2c43)ccc1O. The normalized spacial score (nSPS) is 11.4. The van der Waals surface area contributed by atoms with E-state index in [1.165, 1.54) is 7.11 Å². The van der Waals surface area contributed by atoms with E-state index in [1.807, 2.05) is 36.7 Å². The summed E-state index contributed by atoms with van der Waals surface area (Å²) in [7, 11) is 1.54. The van der Waals surface area contributed by atoms with Gasteiger partial charge in [-0.05, 0) is 35.7 Å². The summed E-state index contributed by atoms with van der Waals surface area (Å²) in [6.07, 6.45) is 3.74. The smallest absolute Gasteiger partial charge is 0.161 e. The fraction of sp³-hybridized carbons (Fsp3) is 0.0476. The number of benzene rings is 2. The molecule has 0 aliphatic heterocycles. The van der Waals surface area contributed by atoms with Crippen molar-refractivity contribution >= 4 is 32.7 Å². The van der Waals surface area contributed by atoms with Crippen molar-refractivity contribution in [1.29, 1.82) is 0 Å². The second-order valence-corrected chi connectivity index (χ2v) is 6.15. The van der Waals surface area contributed by atoms with Crippen molar-refractivity contribution in [2.75, 3.05) is 7.11 Å². The predicted octanol–water partition coefficient (Wildman–Crippen LogP) is 4.65. The molecular weight excluding hydrogens is 326 g/mol. The van der Waals surface area contributed by atoms with E-state index in [0.29, 0.717) is 5.75 Å². The lowest BCUT2D eigenvalue weighted by atomic mass is 10.1. The summed E-state index contributed by atoms with van der Waals surface area (Å²) < 4.78 is 5.27. The van der Waals surface area contributed by atoms with E-state index in [9.17, 15) is 5.11 Å². The molecule has 2 N–H and O–H groups in total. The standard InChI is InChI=1S/C21H15N3O2/c1-26-18-10-12(6-7-17(18)25)20-15-11-23-21-19(15)14(8-9-22-21)13-4-2-3-5-16(13)24-20/h2-11,25H,1H3,(H,22,23). The van der Waals surface area contributed by atoms with E-state index >= 15 is 0 Å². The molecule has 126 valence electrons. The first-order valence-corrected chi connectivity index (χ1v) is 8.28. The summed E-state index contributed by atoms with van der Waals surface area (Å²) >= 11 is 0. The first-order chi connectivity index (χ1) is 12.8. The number of phenolic OH excluding ortho intramolecular Hbond substituents is 1. The molecule has 3 aromatic heterocycles. The van der Waals surface area contributed by atoms with Gasteiger partial charge in [0, 0.05) is 34.1 Å². The van der Waals surface area contributed by atoms with Crippen LogP contribution in [0.1, 0.15) is 0 Å². The Hall–Kier alpha value is -3.60. The van der Waals surface area contributed by atoms with Gasteiger partial charge in [-0.1, -0.05) is 18.2 Å². The summed E-state index contributed by atoms with van der Waals surface area (Å²) in [5.41, 5.74) is 3.39. The highest BCUT2D eigenvalue weighted by Crippen LogP contribution is 2.37. The minimum atomic E-state index is 0.102. The molecule has 0 spiro atoms. The van der Waals surface area contributed by atoms with Gasteiger partial charge in [-0.15, -0.1) is 0 Å². The number of aromatic hydroxyl groups is 1. The van der Waals surface area contributed by atoms with Crippen LogP contribution >= 0.6 is 0 Å². The highest BCUT2D eigenvalue weighted by molar-refractivity contribution is 6.19. The van der Waals surface area contributed by atoms with E-state index < -0.39 is 0 Å². The van der Waals surface area contributed by atoms with Crippen molar-refractivity contribution in [1.82, 2.24) is 15.0 Å². The molecule has 5 rings (SSSR count). The van der Waals surface area contributed by atoms with Gasteiger partial charge >= 0.3 is 0 Å². The molecule has 0 unspecified atom stereocenters. The second kappa shape index (κ2) is 5.46. The number of phenols is 1. The molecule has 0 aliphatic carbocycles. The number of aromatic nitrogens is 3. The zero-order valence-electron chi connectivity index (χ0n) is 14.0. The highest BCUT2D eigenvalue weighted by Gasteiger charge is 2.15. The van der Waals surface area contributed by atoms with Gasteiger partial charge in [0.15, 0.2) is 11.5 Å². The zero-order valence-corrected chi connectivity index (χ0v) is 14.0. The number of aromatic amines is 1. The average molecular weight is 341 g/mol. The van der Waals surface area contributed by atoms with Crippen molar-refractivity contribution in [3.63, 3.8) is 0 Å². The van der Waals surface area contributed by atoms with E-state index in [0.717, 1.165) is 44.0 Å². The molecule has 0 radical (unpaired) electrons. The van der Waals surface area contributed by atoms with Crippen molar-refractivity contribution in [2.24, 2.45) is 0 Å². The first kappa shape index (κ1) is 14.7. The molecule has 0 atom stereocenters. The highest BCUT2D eigenvalue weighted by atomic mass is 16.5. The Labute approximate surface area is 148 Å². The van der Waals surface area contributed by atoms with Crippen molar-refractivity contribution in [2.45, 2.75) is 0 Å². The van der Waals surface area contributed by atoms with Gasteiger partial charge < -0.3 is 14.8 Å². The van der Waals surface area contributed by atoms with Crippen molar-refractivity contribution < 1.29 is 9.84 Å². The number of nitrogens with one attached hydrogen (secondary N) is 1. The molecular formula is C21H15N3O2. The largest absolute Gasteiger partial charge is 0.504 e. The molecule has 0 amide bonds. The van der Waals surface area contributed by atoms with Crippen LogP contribution < -0.4 is 4.74 Å².